The van der Waals surface area contributed by atoms with Crippen LogP contribution < -0.4 is 10.1 Å². The first-order valence-electron chi connectivity index (χ1n) is 7.21. The Labute approximate surface area is 145 Å². The van der Waals surface area contributed by atoms with Crippen LogP contribution in [-0.4, -0.2) is 24.2 Å². The minimum absolute atomic E-state index is 0.0393. The van der Waals surface area contributed by atoms with Crippen LogP contribution >= 0.6 is 23.2 Å². The fraction of sp³-hybridized carbons (Fsp3) is 0.235. The van der Waals surface area contributed by atoms with Gasteiger partial charge in [-0.15, -0.1) is 0 Å². The number of aromatic hydroxyl groups is 1. The molecule has 23 heavy (non-hydrogen) atoms. The van der Waals surface area contributed by atoms with Gasteiger partial charge in [0.05, 0.1) is 11.6 Å². The van der Waals surface area contributed by atoms with Gasteiger partial charge in [-0.25, -0.2) is 0 Å². The fourth-order valence-corrected chi connectivity index (χ4v) is 2.21. The first kappa shape index (κ1) is 17.4. The van der Waals surface area contributed by atoms with Gasteiger partial charge in [-0.2, -0.15) is 0 Å². The van der Waals surface area contributed by atoms with Gasteiger partial charge in [0.2, 0.25) is 0 Å². The van der Waals surface area contributed by atoms with E-state index in [1.807, 2.05) is 12.1 Å². The lowest BCUT2D eigenvalue weighted by atomic mass is 10.2. The standard InChI is InChI=1S/C17H17Cl2NO3/c18-13-4-6-14(7-5-13)23-10-2-1-9-20-17(22)12-3-8-16(21)15(19)11-12/h3-8,11,21H,1-2,9-10H2,(H,20,22). The van der Waals surface area contributed by atoms with Crippen LogP contribution in [0.4, 0.5) is 0 Å². The molecule has 6 heteroatoms. The number of rotatable bonds is 7. The molecule has 0 saturated carbocycles. The number of ether oxygens (including phenoxy) is 1. The summed E-state index contributed by atoms with van der Waals surface area (Å²) >= 11 is 11.6. The largest absolute Gasteiger partial charge is 0.506 e. The van der Waals surface area contributed by atoms with Crippen molar-refractivity contribution in [3.63, 3.8) is 0 Å². The Morgan fingerprint density at radius 3 is 2.52 bits per heavy atom. The minimum atomic E-state index is -0.217. The predicted molar refractivity (Wildman–Crippen MR) is 91.6 cm³/mol. The molecule has 0 spiro atoms. The molecule has 0 unspecified atom stereocenters. The van der Waals surface area contributed by atoms with Crippen LogP contribution in [0.5, 0.6) is 11.5 Å². The topological polar surface area (TPSA) is 58.6 Å². The number of phenols is 1. The first-order chi connectivity index (χ1) is 11.1. The van der Waals surface area contributed by atoms with E-state index in [0.717, 1.165) is 18.6 Å². The van der Waals surface area contributed by atoms with Gasteiger partial charge in [0, 0.05) is 17.1 Å². The lowest BCUT2D eigenvalue weighted by molar-refractivity contribution is 0.0952. The summed E-state index contributed by atoms with van der Waals surface area (Å²) in [5, 5.41) is 13.0. The van der Waals surface area contributed by atoms with E-state index >= 15 is 0 Å². The molecule has 0 atom stereocenters. The van der Waals surface area contributed by atoms with E-state index in [1.165, 1.54) is 18.2 Å². The molecule has 0 aromatic heterocycles. The van der Waals surface area contributed by atoms with Crippen LogP contribution in [-0.2, 0) is 0 Å². The highest BCUT2D eigenvalue weighted by molar-refractivity contribution is 6.32. The smallest absolute Gasteiger partial charge is 0.251 e. The van der Waals surface area contributed by atoms with E-state index in [9.17, 15) is 9.90 Å². The lowest BCUT2D eigenvalue weighted by Crippen LogP contribution is -2.24. The Morgan fingerprint density at radius 2 is 1.83 bits per heavy atom. The number of hydrogen-bond acceptors (Lipinski definition) is 3. The second kappa shape index (κ2) is 8.65. The molecule has 2 rings (SSSR count). The average molecular weight is 354 g/mol. The van der Waals surface area contributed by atoms with E-state index in [1.54, 1.807) is 12.1 Å². The molecule has 0 radical (unpaired) electrons. The van der Waals surface area contributed by atoms with Crippen LogP contribution in [0.3, 0.4) is 0 Å². The zero-order valence-corrected chi connectivity index (χ0v) is 13.9. The summed E-state index contributed by atoms with van der Waals surface area (Å²) < 4.78 is 5.57. The summed E-state index contributed by atoms with van der Waals surface area (Å²) in [6, 6.07) is 11.6. The third kappa shape index (κ3) is 5.66. The fourth-order valence-electron chi connectivity index (χ4n) is 1.90. The molecule has 1 amide bonds. The van der Waals surface area contributed by atoms with Crippen molar-refractivity contribution in [1.29, 1.82) is 0 Å². The maximum Gasteiger partial charge on any atom is 0.251 e. The second-order valence-corrected chi connectivity index (χ2v) is 5.78. The van der Waals surface area contributed by atoms with Crippen molar-refractivity contribution >= 4 is 29.1 Å². The molecule has 0 aliphatic carbocycles. The zero-order chi connectivity index (χ0) is 16.7. The molecule has 0 aliphatic rings. The molecule has 0 saturated heterocycles. The Kier molecular flexibility index (Phi) is 6.56. The lowest BCUT2D eigenvalue weighted by Gasteiger charge is -2.08. The van der Waals surface area contributed by atoms with E-state index in [0.29, 0.717) is 23.7 Å². The van der Waals surface area contributed by atoms with Crippen molar-refractivity contribution < 1.29 is 14.6 Å². The Balaban J connectivity index is 1.64. The SMILES string of the molecule is O=C(NCCCCOc1ccc(Cl)cc1)c1ccc(O)c(Cl)c1. The van der Waals surface area contributed by atoms with Gasteiger partial charge in [0.25, 0.3) is 5.91 Å². The van der Waals surface area contributed by atoms with E-state index in [2.05, 4.69) is 5.32 Å². The predicted octanol–water partition coefficient (Wildman–Crippen LogP) is 4.29. The normalized spacial score (nSPS) is 10.3. The number of unbranched alkanes of at least 4 members (excludes halogenated alkanes) is 1. The number of phenolic OH excluding ortho intramolecular Hbond substituents is 1. The number of carbonyl (C=O) groups excluding carboxylic acids is 1. The molecule has 2 aromatic rings. The number of nitrogens with one attached hydrogen (secondary N) is 1. The van der Waals surface area contributed by atoms with Crippen molar-refractivity contribution in [3.8, 4) is 11.5 Å². The minimum Gasteiger partial charge on any atom is -0.506 e. The van der Waals surface area contributed by atoms with Gasteiger partial charge in [0.15, 0.2) is 0 Å². The second-order valence-electron chi connectivity index (χ2n) is 4.93. The van der Waals surface area contributed by atoms with Crippen LogP contribution in [0, 0.1) is 0 Å². The zero-order valence-electron chi connectivity index (χ0n) is 12.4. The van der Waals surface area contributed by atoms with Crippen LogP contribution in [0.1, 0.15) is 23.2 Å². The van der Waals surface area contributed by atoms with Gasteiger partial charge in [-0.3, -0.25) is 4.79 Å². The summed E-state index contributed by atoms with van der Waals surface area (Å²) in [5.41, 5.74) is 0.421. The maximum absolute atomic E-state index is 11.9. The molecule has 0 bridgehead atoms. The Hall–Kier alpha value is -1.91. The molecule has 2 aromatic carbocycles. The van der Waals surface area contributed by atoms with E-state index in [4.69, 9.17) is 27.9 Å². The molecule has 0 aliphatic heterocycles. The molecule has 0 fully saturated rings. The van der Waals surface area contributed by atoms with Gasteiger partial charge in [-0.1, -0.05) is 23.2 Å². The number of carbonyl (C=O) groups is 1. The summed E-state index contributed by atoms with van der Waals surface area (Å²) in [6.07, 6.45) is 1.62. The summed E-state index contributed by atoms with van der Waals surface area (Å²) in [6.45, 7) is 1.11. The van der Waals surface area contributed by atoms with Crippen molar-refractivity contribution in [2.24, 2.45) is 0 Å². The summed E-state index contributed by atoms with van der Waals surface area (Å²) in [5.74, 6) is 0.519. The van der Waals surface area contributed by atoms with Crippen molar-refractivity contribution in [3.05, 3.63) is 58.1 Å². The Bertz CT molecular complexity index is 659. The monoisotopic (exact) mass is 353 g/mol. The van der Waals surface area contributed by atoms with Crippen molar-refractivity contribution in [1.82, 2.24) is 5.32 Å². The van der Waals surface area contributed by atoms with Crippen LogP contribution in [0.2, 0.25) is 10.0 Å². The average Bonchev–Trinajstić information content (AvgIpc) is 2.54. The van der Waals surface area contributed by atoms with Gasteiger partial charge in [-0.05, 0) is 55.3 Å². The van der Waals surface area contributed by atoms with E-state index in [-0.39, 0.29) is 16.7 Å². The highest BCUT2D eigenvalue weighted by Crippen LogP contribution is 2.23. The number of amides is 1. The first-order valence-corrected chi connectivity index (χ1v) is 7.97. The highest BCUT2D eigenvalue weighted by Gasteiger charge is 2.07. The molecular formula is C17H17Cl2NO3. The maximum atomic E-state index is 11.9. The molecule has 4 nitrogen and oxygen atoms in total. The Morgan fingerprint density at radius 1 is 1.09 bits per heavy atom. The van der Waals surface area contributed by atoms with Crippen LogP contribution in [0.25, 0.3) is 0 Å². The molecule has 2 N–H and O–H groups in total. The van der Waals surface area contributed by atoms with Gasteiger partial charge < -0.3 is 15.2 Å². The van der Waals surface area contributed by atoms with Gasteiger partial charge >= 0.3 is 0 Å². The van der Waals surface area contributed by atoms with E-state index < -0.39 is 0 Å². The number of halogens is 2. The highest BCUT2D eigenvalue weighted by atomic mass is 35.5. The quantitative estimate of drug-likeness (QED) is 0.730. The molecular weight excluding hydrogens is 337 g/mol. The van der Waals surface area contributed by atoms with Crippen LogP contribution in [0.15, 0.2) is 42.5 Å². The summed E-state index contributed by atoms with van der Waals surface area (Å²) in [4.78, 5) is 11.9. The van der Waals surface area contributed by atoms with Gasteiger partial charge in [0.1, 0.15) is 11.5 Å². The number of benzene rings is 2. The van der Waals surface area contributed by atoms with Crippen molar-refractivity contribution in [2.75, 3.05) is 13.2 Å². The third-order valence-corrected chi connectivity index (χ3v) is 3.70. The molecule has 0 heterocycles. The third-order valence-electron chi connectivity index (χ3n) is 3.15. The molecule has 122 valence electrons. The summed E-state index contributed by atoms with van der Waals surface area (Å²) in [7, 11) is 0. The van der Waals surface area contributed by atoms with Crippen molar-refractivity contribution in [2.45, 2.75) is 12.8 Å². The number of hydrogen-bond donors (Lipinski definition) is 2.